The van der Waals surface area contributed by atoms with E-state index >= 15 is 0 Å². The molecule has 4 nitrogen and oxygen atoms in total. The second-order valence-electron chi connectivity index (χ2n) is 5.76. The van der Waals surface area contributed by atoms with Gasteiger partial charge in [-0.05, 0) is 17.7 Å². The molecule has 0 bridgehead atoms. The molecule has 4 heteroatoms. The standard InChI is InChI=1S/C18H17N3O/c22-18-10-15(14-6-2-1-3-7-14)12-20(18)13-16-11-19-17-8-4-5-9-21(16)17/h1-9,11,15H,10,12-13H2/t15-/m1/s1. The van der Waals surface area contributed by atoms with E-state index in [1.165, 1.54) is 5.56 Å². The number of rotatable bonds is 3. The molecular weight excluding hydrogens is 274 g/mol. The van der Waals surface area contributed by atoms with Crippen LogP contribution in [0, 0.1) is 0 Å². The summed E-state index contributed by atoms with van der Waals surface area (Å²) >= 11 is 0. The van der Waals surface area contributed by atoms with E-state index in [0.29, 0.717) is 18.9 Å². The fraction of sp³-hybridized carbons (Fsp3) is 0.222. The maximum absolute atomic E-state index is 12.3. The minimum Gasteiger partial charge on any atom is -0.336 e. The Morgan fingerprint density at radius 1 is 1.09 bits per heavy atom. The Bertz CT molecular complexity index is 809. The van der Waals surface area contributed by atoms with E-state index in [-0.39, 0.29) is 5.91 Å². The highest BCUT2D eigenvalue weighted by Gasteiger charge is 2.30. The molecule has 0 unspecified atom stereocenters. The Labute approximate surface area is 129 Å². The van der Waals surface area contributed by atoms with Gasteiger partial charge < -0.3 is 9.30 Å². The molecule has 4 rings (SSSR count). The van der Waals surface area contributed by atoms with E-state index in [1.807, 2.05) is 58.1 Å². The predicted octanol–water partition coefficient (Wildman–Crippen LogP) is 2.85. The largest absolute Gasteiger partial charge is 0.336 e. The fourth-order valence-electron chi connectivity index (χ4n) is 3.17. The molecule has 1 aliphatic heterocycles. The first-order valence-corrected chi connectivity index (χ1v) is 7.55. The highest BCUT2D eigenvalue weighted by atomic mass is 16.2. The Balaban J connectivity index is 1.55. The van der Waals surface area contributed by atoms with Crippen LogP contribution >= 0.6 is 0 Å². The molecule has 3 aromatic rings. The van der Waals surface area contributed by atoms with Gasteiger partial charge in [-0.3, -0.25) is 4.79 Å². The first-order valence-electron chi connectivity index (χ1n) is 7.55. The monoisotopic (exact) mass is 291 g/mol. The van der Waals surface area contributed by atoms with Crippen LogP contribution in [0.25, 0.3) is 5.65 Å². The number of aromatic nitrogens is 2. The van der Waals surface area contributed by atoms with Crippen molar-refractivity contribution in [3.8, 4) is 0 Å². The van der Waals surface area contributed by atoms with Crippen molar-refractivity contribution in [3.63, 3.8) is 0 Å². The highest BCUT2D eigenvalue weighted by molar-refractivity contribution is 5.79. The van der Waals surface area contributed by atoms with Crippen molar-refractivity contribution in [2.75, 3.05) is 6.54 Å². The van der Waals surface area contributed by atoms with Crippen molar-refractivity contribution in [1.82, 2.24) is 14.3 Å². The van der Waals surface area contributed by atoms with Gasteiger partial charge in [0.25, 0.3) is 0 Å². The van der Waals surface area contributed by atoms with Crippen molar-refractivity contribution in [2.24, 2.45) is 0 Å². The van der Waals surface area contributed by atoms with Gasteiger partial charge in [0.15, 0.2) is 0 Å². The third-order valence-electron chi connectivity index (χ3n) is 4.33. The zero-order valence-corrected chi connectivity index (χ0v) is 12.2. The molecule has 2 aromatic heterocycles. The van der Waals surface area contributed by atoms with E-state index < -0.39 is 0 Å². The number of pyridine rings is 1. The van der Waals surface area contributed by atoms with Crippen molar-refractivity contribution in [3.05, 3.63) is 72.2 Å². The zero-order valence-electron chi connectivity index (χ0n) is 12.2. The number of carbonyl (C=O) groups excluding carboxylic acids is 1. The molecule has 3 heterocycles. The van der Waals surface area contributed by atoms with Crippen LogP contribution in [0.2, 0.25) is 0 Å². The number of nitrogens with zero attached hydrogens (tertiary/aromatic N) is 3. The van der Waals surface area contributed by atoms with Gasteiger partial charge in [0.2, 0.25) is 5.91 Å². The average Bonchev–Trinajstić information content (AvgIpc) is 3.13. The lowest BCUT2D eigenvalue weighted by atomic mass is 9.99. The van der Waals surface area contributed by atoms with E-state index in [2.05, 4.69) is 17.1 Å². The number of amides is 1. The summed E-state index contributed by atoms with van der Waals surface area (Å²) in [6.07, 6.45) is 4.45. The van der Waals surface area contributed by atoms with Crippen molar-refractivity contribution < 1.29 is 4.79 Å². The normalized spacial score (nSPS) is 18.3. The molecule has 0 spiro atoms. The molecule has 1 atom stereocenters. The number of benzene rings is 1. The van der Waals surface area contributed by atoms with Crippen molar-refractivity contribution in [1.29, 1.82) is 0 Å². The minimum absolute atomic E-state index is 0.222. The van der Waals surface area contributed by atoms with Crippen LogP contribution < -0.4 is 0 Å². The van der Waals surface area contributed by atoms with Crippen LogP contribution in [0.3, 0.4) is 0 Å². The number of hydrogen-bond donors (Lipinski definition) is 0. The molecule has 0 radical (unpaired) electrons. The number of imidazole rings is 1. The van der Waals surface area contributed by atoms with E-state index in [0.717, 1.165) is 17.9 Å². The summed E-state index contributed by atoms with van der Waals surface area (Å²) in [7, 11) is 0. The average molecular weight is 291 g/mol. The summed E-state index contributed by atoms with van der Waals surface area (Å²) in [5, 5.41) is 0. The number of fused-ring (bicyclic) bond motifs is 1. The molecule has 1 saturated heterocycles. The van der Waals surface area contributed by atoms with Crippen LogP contribution in [-0.2, 0) is 11.3 Å². The Hall–Kier alpha value is -2.62. The smallest absolute Gasteiger partial charge is 0.223 e. The van der Waals surface area contributed by atoms with Crippen LogP contribution in [-0.4, -0.2) is 26.7 Å². The van der Waals surface area contributed by atoms with Crippen LogP contribution in [0.4, 0.5) is 0 Å². The highest BCUT2D eigenvalue weighted by Crippen LogP contribution is 2.29. The quantitative estimate of drug-likeness (QED) is 0.744. The Morgan fingerprint density at radius 3 is 2.77 bits per heavy atom. The lowest BCUT2D eigenvalue weighted by molar-refractivity contribution is -0.128. The van der Waals surface area contributed by atoms with Gasteiger partial charge in [-0.1, -0.05) is 36.4 Å². The second-order valence-corrected chi connectivity index (χ2v) is 5.76. The minimum atomic E-state index is 0.222. The van der Waals surface area contributed by atoms with Crippen LogP contribution in [0.5, 0.6) is 0 Å². The second kappa shape index (κ2) is 5.30. The van der Waals surface area contributed by atoms with Crippen molar-refractivity contribution in [2.45, 2.75) is 18.9 Å². The summed E-state index contributed by atoms with van der Waals surface area (Å²) < 4.78 is 2.04. The van der Waals surface area contributed by atoms with Crippen LogP contribution in [0.15, 0.2) is 60.9 Å². The maximum atomic E-state index is 12.3. The summed E-state index contributed by atoms with van der Waals surface area (Å²) in [5.74, 6) is 0.521. The first-order chi connectivity index (χ1) is 10.8. The SMILES string of the molecule is O=C1C[C@@H](c2ccccc2)CN1Cc1cnc2ccccn12. The molecule has 0 aliphatic carbocycles. The molecule has 110 valence electrons. The maximum Gasteiger partial charge on any atom is 0.223 e. The molecule has 1 fully saturated rings. The first kappa shape index (κ1) is 13.1. The number of carbonyl (C=O) groups is 1. The Morgan fingerprint density at radius 2 is 1.91 bits per heavy atom. The molecule has 0 saturated carbocycles. The van der Waals surface area contributed by atoms with Gasteiger partial charge in [-0.25, -0.2) is 4.98 Å². The summed E-state index contributed by atoms with van der Waals surface area (Å²) in [6, 6.07) is 16.2. The molecule has 0 N–H and O–H groups in total. The lowest BCUT2D eigenvalue weighted by Gasteiger charge is -2.16. The van der Waals surface area contributed by atoms with Gasteiger partial charge >= 0.3 is 0 Å². The third kappa shape index (κ3) is 2.26. The summed E-state index contributed by atoms with van der Waals surface area (Å²) in [5.41, 5.74) is 3.22. The molecule has 1 aliphatic rings. The summed E-state index contributed by atoms with van der Waals surface area (Å²) in [4.78, 5) is 18.6. The third-order valence-corrected chi connectivity index (χ3v) is 4.33. The van der Waals surface area contributed by atoms with Gasteiger partial charge in [-0.15, -0.1) is 0 Å². The molecule has 1 amide bonds. The fourth-order valence-corrected chi connectivity index (χ4v) is 3.17. The van der Waals surface area contributed by atoms with E-state index in [4.69, 9.17) is 0 Å². The van der Waals surface area contributed by atoms with Gasteiger partial charge in [-0.2, -0.15) is 0 Å². The van der Waals surface area contributed by atoms with E-state index in [1.54, 1.807) is 0 Å². The van der Waals surface area contributed by atoms with Crippen molar-refractivity contribution >= 4 is 11.6 Å². The summed E-state index contributed by atoms with van der Waals surface area (Å²) in [6.45, 7) is 1.40. The Kier molecular flexibility index (Phi) is 3.15. The topological polar surface area (TPSA) is 37.6 Å². The predicted molar refractivity (Wildman–Crippen MR) is 84.4 cm³/mol. The number of likely N-dealkylation sites (tertiary alicyclic amines) is 1. The van der Waals surface area contributed by atoms with Gasteiger partial charge in [0.1, 0.15) is 5.65 Å². The molecule has 22 heavy (non-hydrogen) atoms. The lowest BCUT2D eigenvalue weighted by Crippen LogP contribution is -2.25. The van der Waals surface area contributed by atoms with E-state index in [9.17, 15) is 4.79 Å². The van der Waals surface area contributed by atoms with Crippen LogP contribution in [0.1, 0.15) is 23.6 Å². The molecule has 1 aromatic carbocycles. The molecular formula is C18H17N3O. The van der Waals surface area contributed by atoms with Gasteiger partial charge in [0.05, 0.1) is 18.4 Å². The number of hydrogen-bond acceptors (Lipinski definition) is 2. The van der Waals surface area contributed by atoms with Gasteiger partial charge in [0, 0.05) is 25.1 Å². The zero-order chi connectivity index (χ0) is 14.9.